The van der Waals surface area contributed by atoms with Crippen molar-refractivity contribution in [2.24, 2.45) is 0 Å². The van der Waals surface area contributed by atoms with Gasteiger partial charge in [-0.05, 0) is 47.5 Å². The van der Waals surface area contributed by atoms with Crippen LogP contribution in [0.15, 0.2) is 72.8 Å². The molecular weight excluding hydrogens is 338 g/mol. The van der Waals surface area contributed by atoms with Gasteiger partial charge in [0.05, 0.1) is 16.6 Å². The number of anilines is 1. The molecule has 1 aromatic heterocycles. The summed E-state index contributed by atoms with van der Waals surface area (Å²) in [7, 11) is 0. The Bertz CT molecular complexity index is 1100. The van der Waals surface area contributed by atoms with Crippen LogP contribution in [0.4, 0.5) is 5.69 Å². The van der Waals surface area contributed by atoms with Crippen molar-refractivity contribution in [2.45, 2.75) is 13.0 Å². The predicted molar refractivity (Wildman–Crippen MR) is 106 cm³/mol. The summed E-state index contributed by atoms with van der Waals surface area (Å²) in [4.78, 5) is 15.9. The Hall–Kier alpha value is -3.60. The number of para-hydroxylation sites is 2. The second-order valence-electron chi connectivity index (χ2n) is 6.52. The molecule has 4 rings (SSSR count). The summed E-state index contributed by atoms with van der Waals surface area (Å²) < 4.78 is 2.18. The van der Waals surface area contributed by atoms with E-state index < -0.39 is 5.97 Å². The van der Waals surface area contributed by atoms with Crippen molar-refractivity contribution in [3.8, 4) is 0 Å². The van der Waals surface area contributed by atoms with Crippen LogP contribution in [0.3, 0.4) is 0 Å². The number of benzene rings is 3. The van der Waals surface area contributed by atoms with Crippen molar-refractivity contribution in [3.05, 3.63) is 95.3 Å². The van der Waals surface area contributed by atoms with Gasteiger partial charge in [0.1, 0.15) is 5.82 Å². The third-order valence-electron chi connectivity index (χ3n) is 4.62. The minimum atomic E-state index is -0.918. The van der Waals surface area contributed by atoms with Crippen molar-refractivity contribution >= 4 is 22.7 Å². The molecule has 3 N–H and O–H groups in total. The van der Waals surface area contributed by atoms with Gasteiger partial charge in [0.2, 0.25) is 0 Å². The SMILES string of the molecule is Nc1ccc(Cc2nc3ccccc3n2Cc2ccc(C(=O)O)cc2)cc1. The highest BCUT2D eigenvalue weighted by Gasteiger charge is 2.12. The number of hydrogen-bond donors (Lipinski definition) is 2. The average Bonchev–Trinajstić information content (AvgIpc) is 3.01. The van der Waals surface area contributed by atoms with Crippen molar-refractivity contribution in [1.82, 2.24) is 9.55 Å². The zero-order valence-corrected chi connectivity index (χ0v) is 14.7. The Morgan fingerprint density at radius 2 is 1.59 bits per heavy atom. The van der Waals surface area contributed by atoms with Crippen LogP contribution in [0.2, 0.25) is 0 Å². The van der Waals surface area contributed by atoms with Gasteiger partial charge in [0.15, 0.2) is 0 Å². The largest absolute Gasteiger partial charge is 0.478 e. The fourth-order valence-electron chi connectivity index (χ4n) is 3.19. The Morgan fingerprint density at radius 3 is 2.30 bits per heavy atom. The lowest BCUT2D eigenvalue weighted by molar-refractivity contribution is 0.0697. The van der Waals surface area contributed by atoms with Gasteiger partial charge in [-0.15, -0.1) is 0 Å². The topological polar surface area (TPSA) is 81.1 Å². The maximum atomic E-state index is 11.1. The second-order valence-corrected chi connectivity index (χ2v) is 6.52. The molecule has 134 valence electrons. The molecule has 0 unspecified atom stereocenters. The molecule has 0 radical (unpaired) electrons. The van der Waals surface area contributed by atoms with Gasteiger partial charge in [-0.3, -0.25) is 0 Å². The zero-order chi connectivity index (χ0) is 18.8. The van der Waals surface area contributed by atoms with Crippen LogP contribution in [0, 0.1) is 0 Å². The number of nitrogens with two attached hydrogens (primary N) is 1. The lowest BCUT2D eigenvalue weighted by Gasteiger charge is -2.10. The third-order valence-corrected chi connectivity index (χ3v) is 4.62. The smallest absolute Gasteiger partial charge is 0.335 e. The van der Waals surface area contributed by atoms with Crippen LogP contribution in [-0.4, -0.2) is 20.6 Å². The van der Waals surface area contributed by atoms with Crippen molar-refractivity contribution in [1.29, 1.82) is 0 Å². The number of fused-ring (bicyclic) bond motifs is 1. The molecule has 5 heteroatoms. The van der Waals surface area contributed by atoms with Crippen LogP contribution < -0.4 is 5.73 Å². The minimum Gasteiger partial charge on any atom is -0.478 e. The van der Waals surface area contributed by atoms with Crippen molar-refractivity contribution < 1.29 is 9.90 Å². The number of hydrogen-bond acceptors (Lipinski definition) is 3. The van der Waals surface area contributed by atoms with E-state index in [0.717, 1.165) is 33.7 Å². The molecule has 5 nitrogen and oxygen atoms in total. The molecule has 0 aliphatic heterocycles. The molecule has 1 heterocycles. The van der Waals surface area contributed by atoms with Crippen LogP contribution in [0.25, 0.3) is 11.0 Å². The first-order valence-corrected chi connectivity index (χ1v) is 8.71. The molecule has 27 heavy (non-hydrogen) atoms. The average molecular weight is 357 g/mol. The van der Waals surface area contributed by atoms with E-state index in [0.29, 0.717) is 13.0 Å². The maximum absolute atomic E-state index is 11.1. The van der Waals surface area contributed by atoms with Crippen LogP contribution in [0.5, 0.6) is 0 Å². The number of aromatic carboxylic acids is 1. The highest BCUT2D eigenvalue weighted by atomic mass is 16.4. The van der Waals surface area contributed by atoms with Gasteiger partial charge in [0, 0.05) is 18.7 Å². The van der Waals surface area contributed by atoms with E-state index in [2.05, 4.69) is 10.6 Å². The highest BCUT2D eigenvalue weighted by molar-refractivity contribution is 5.87. The van der Waals surface area contributed by atoms with E-state index in [9.17, 15) is 4.79 Å². The van der Waals surface area contributed by atoms with Gasteiger partial charge in [0.25, 0.3) is 0 Å². The monoisotopic (exact) mass is 357 g/mol. The standard InChI is InChI=1S/C22H19N3O2/c23-18-11-7-15(8-12-18)13-21-24-19-3-1-2-4-20(19)25(21)14-16-5-9-17(10-6-16)22(26)27/h1-12H,13-14,23H2,(H,26,27). The van der Waals surface area contributed by atoms with Crippen molar-refractivity contribution in [2.75, 3.05) is 5.73 Å². The molecule has 0 amide bonds. The van der Waals surface area contributed by atoms with E-state index in [4.69, 9.17) is 15.8 Å². The molecule has 0 spiro atoms. The third kappa shape index (κ3) is 3.53. The summed E-state index contributed by atoms with van der Waals surface area (Å²) in [5, 5.41) is 9.08. The van der Waals surface area contributed by atoms with Gasteiger partial charge in [-0.1, -0.05) is 36.4 Å². The van der Waals surface area contributed by atoms with Crippen LogP contribution in [-0.2, 0) is 13.0 Å². The number of carboxylic acid groups (broad SMARTS) is 1. The lowest BCUT2D eigenvalue weighted by Crippen LogP contribution is -2.06. The first kappa shape index (κ1) is 16.8. The maximum Gasteiger partial charge on any atom is 0.335 e. The predicted octanol–water partition coefficient (Wildman–Crippen LogP) is 3.96. The molecule has 0 fully saturated rings. The summed E-state index contributed by atoms with van der Waals surface area (Å²) in [5.74, 6) is 0.0435. The molecule has 0 bridgehead atoms. The molecule has 0 aliphatic carbocycles. The number of carboxylic acids is 1. The molecule has 4 aromatic rings. The number of aromatic nitrogens is 2. The van der Waals surface area contributed by atoms with E-state index in [1.807, 2.05) is 54.6 Å². The molecule has 0 saturated heterocycles. The van der Waals surface area contributed by atoms with Crippen LogP contribution in [0.1, 0.15) is 27.3 Å². The second kappa shape index (κ2) is 6.96. The molecule has 3 aromatic carbocycles. The lowest BCUT2D eigenvalue weighted by atomic mass is 10.1. The summed E-state index contributed by atoms with van der Waals surface area (Å²) >= 11 is 0. The fraction of sp³-hybridized carbons (Fsp3) is 0.0909. The van der Waals surface area contributed by atoms with Gasteiger partial charge < -0.3 is 15.4 Å². The fourth-order valence-corrected chi connectivity index (χ4v) is 3.19. The van der Waals surface area contributed by atoms with Crippen LogP contribution >= 0.6 is 0 Å². The first-order chi connectivity index (χ1) is 13.1. The normalized spacial score (nSPS) is 11.0. The minimum absolute atomic E-state index is 0.288. The molecular formula is C22H19N3O2. The van der Waals surface area contributed by atoms with Gasteiger partial charge in [-0.2, -0.15) is 0 Å². The van der Waals surface area contributed by atoms with E-state index >= 15 is 0 Å². The number of nitrogens with zero attached hydrogens (tertiary/aromatic N) is 2. The van der Waals surface area contributed by atoms with E-state index in [1.54, 1.807) is 12.1 Å². The number of imidazole rings is 1. The number of nitrogen functional groups attached to an aromatic ring is 1. The summed E-state index contributed by atoms with van der Waals surface area (Å²) in [6.45, 7) is 0.630. The quantitative estimate of drug-likeness (QED) is 0.530. The highest BCUT2D eigenvalue weighted by Crippen LogP contribution is 2.21. The number of rotatable bonds is 5. The Balaban J connectivity index is 1.71. The van der Waals surface area contributed by atoms with Gasteiger partial charge in [-0.25, -0.2) is 9.78 Å². The van der Waals surface area contributed by atoms with E-state index in [1.165, 1.54) is 0 Å². The Kier molecular flexibility index (Phi) is 4.34. The van der Waals surface area contributed by atoms with Gasteiger partial charge >= 0.3 is 5.97 Å². The Morgan fingerprint density at radius 1 is 0.926 bits per heavy atom. The Labute approximate surface area is 156 Å². The van der Waals surface area contributed by atoms with Crippen molar-refractivity contribution in [3.63, 3.8) is 0 Å². The summed E-state index contributed by atoms with van der Waals surface area (Å²) in [6, 6.07) is 22.8. The molecule has 0 atom stereocenters. The molecule has 0 saturated carbocycles. The number of carbonyl (C=O) groups is 1. The summed E-state index contributed by atoms with van der Waals surface area (Å²) in [5.41, 5.74) is 11.0. The zero-order valence-electron chi connectivity index (χ0n) is 14.7. The first-order valence-electron chi connectivity index (χ1n) is 8.71. The summed E-state index contributed by atoms with van der Waals surface area (Å²) in [6.07, 6.45) is 0.697. The van der Waals surface area contributed by atoms with E-state index in [-0.39, 0.29) is 5.56 Å². The molecule has 0 aliphatic rings.